The first-order chi connectivity index (χ1) is 6.53. The average molecular weight is 238 g/mol. The molecule has 0 saturated heterocycles. The van der Waals surface area contributed by atoms with Crippen molar-refractivity contribution in [3.63, 3.8) is 0 Å². The van der Waals surface area contributed by atoms with Crippen molar-refractivity contribution < 1.29 is 26.7 Å². The van der Waals surface area contributed by atoms with Gasteiger partial charge in [-0.1, -0.05) is 6.58 Å². The van der Waals surface area contributed by atoms with Crippen molar-refractivity contribution in [2.75, 3.05) is 6.61 Å². The van der Waals surface area contributed by atoms with Gasteiger partial charge in [-0.25, -0.2) is 8.98 Å². The van der Waals surface area contributed by atoms with Crippen LogP contribution in [0.1, 0.15) is 20.8 Å². The van der Waals surface area contributed by atoms with Crippen LogP contribution in [0.4, 0.5) is 0 Å². The summed E-state index contributed by atoms with van der Waals surface area (Å²) < 4.78 is 37.8. The van der Waals surface area contributed by atoms with Crippen molar-refractivity contribution in [2.24, 2.45) is 0 Å². The first-order valence-electron chi connectivity index (χ1n) is 4.04. The van der Waals surface area contributed by atoms with Crippen molar-refractivity contribution in [3.05, 3.63) is 12.2 Å². The highest BCUT2D eigenvalue weighted by atomic mass is 32.3. The van der Waals surface area contributed by atoms with Crippen LogP contribution in [-0.4, -0.2) is 31.1 Å². The minimum absolute atomic E-state index is 0.190. The second-order valence-corrected chi connectivity index (χ2v) is 4.71. The topological polar surface area (TPSA) is 89.9 Å². The summed E-state index contributed by atoms with van der Waals surface area (Å²) in [6, 6.07) is 0. The Bertz CT molecular complexity index is 353. The molecule has 7 heteroatoms. The van der Waals surface area contributed by atoms with Gasteiger partial charge in [0, 0.05) is 5.57 Å². The lowest BCUT2D eigenvalue weighted by Crippen LogP contribution is -2.34. The molecular weight excluding hydrogens is 224 g/mol. The lowest BCUT2D eigenvalue weighted by atomic mass is 10.1. The summed E-state index contributed by atoms with van der Waals surface area (Å²) in [6.45, 7) is 7.25. The monoisotopic (exact) mass is 238 g/mol. The summed E-state index contributed by atoms with van der Waals surface area (Å²) in [5.74, 6) is -0.654. The van der Waals surface area contributed by atoms with Gasteiger partial charge in [0.2, 0.25) is 0 Å². The third-order valence-electron chi connectivity index (χ3n) is 1.27. The molecule has 0 amide bonds. The van der Waals surface area contributed by atoms with E-state index in [1.165, 1.54) is 20.8 Å². The predicted octanol–water partition coefficient (Wildman–Crippen LogP) is 0.704. The van der Waals surface area contributed by atoms with E-state index in [4.69, 9.17) is 9.29 Å². The zero-order valence-electron chi connectivity index (χ0n) is 8.81. The molecule has 6 nitrogen and oxygen atoms in total. The molecule has 0 bridgehead atoms. The maximum absolute atomic E-state index is 11.1. The summed E-state index contributed by atoms with van der Waals surface area (Å²) in [5, 5.41) is 0. The van der Waals surface area contributed by atoms with E-state index in [1.807, 2.05) is 0 Å². The van der Waals surface area contributed by atoms with E-state index in [0.29, 0.717) is 0 Å². The van der Waals surface area contributed by atoms with Crippen molar-refractivity contribution >= 4 is 16.4 Å². The second-order valence-electron chi connectivity index (χ2n) is 3.62. The van der Waals surface area contributed by atoms with E-state index in [0.717, 1.165) is 0 Å². The van der Waals surface area contributed by atoms with Gasteiger partial charge in [0.05, 0.1) is 0 Å². The molecule has 0 fully saturated rings. The second kappa shape index (κ2) is 4.73. The number of ether oxygens (including phenoxy) is 1. The fourth-order valence-electron chi connectivity index (χ4n) is 0.584. The Balaban J connectivity index is 4.32. The van der Waals surface area contributed by atoms with Gasteiger partial charge in [0.25, 0.3) is 0 Å². The maximum Gasteiger partial charge on any atom is 0.397 e. The first-order valence-corrected chi connectivity index (χ1v) is 5.41. The zero-order chi connectivity index (χ0) is 12.3. The van der Waals surface area contributed by atoms with Crippen molar-refractivity contribution in [3.8, 4) is 0 Å². The van der Waals surface area contributed by atoms with Gasteiger partial charge >= 0.3 is 16.4 Å². The van der Waals surface area contributed by atoms with Crippen LogP contribution in [0.5, 0.6) is 0 Å². The molecule has 0 rings (SSSR count). The summed E-state index contributed by atoms with van der Waals surface area (Å²) in [6.07, 6.45) is 0. The van der Waals surface area contributed by atoms with Gasteiger partial charge < -0.3 is 4.74 Å². The van der Waals surface area contributed by atoms with Crippen molar-refractivity contribution in [2.45, 2.75) is 26.4 Å². The number of hydrogen-bond acceptors (Lipinski definition) is 5. The van der Waals surface area contributed by atoms with Gasteiger partial charge in [-0.3, -0.25) is 4.55 Å². The average Bonchev–Trinajstić information content (AvgIpc) is 1.99. The van der Waals surface area contributed by atoms with Gasteiger partial charge in [-0.2, -0.15) is 8.42 Å². The van der Waals surface area contributed by atoms with E-state index < -0.39 is 28.6 Å². The number of esters is 1. The normalized spacial score (nSPS) is 12.3. The van der Waals surface area contributed by atoms with Crippen molar-refractivity contribution in [1.29, 1.82) is 0 Å². The molecule has 0 unspecified atom stereocenters. The summed E-state index contributed by atoms with van der Waals surface area (Å²) >= 11 is 0. The van der Waals surface area contributed by atoms with Gasteiger partial charge in [-0.15, -0.1) is 0 Å². The Kier molecular flexibility index (Phi) is 4.44. The zero-order valence-corrected chi connectivity index (χ0v) is 9.63. The molecule has 0 radical (unpaired) electrons. The number of rotatable bonds is 5. The Hall–Kier alpha value is -0.920. The molecule has 0 aromatic carbocycles. The van der Waals surface area contributed by atoms with Gasteiger partial charge in [0.1, 0.15) is 12.2 Å². The molecule has 0 aliphatic heterocycles. The third kappa shape index (κ3) is 7.06. The number of carbonyl (C=O) groups excluding carboxylic acids is 1. The molecule has 0 aromatic heterocycles. The van der Waals surface area contributed by atoms with Gasteiger partial charge in [-0.05, 0) is 20.8 Å². The molecule has 0 aliphatic carbocycles. The van der Waals surface area contributed by atoms with Crippen LogP contribution >= 0.6 is 0 Å². The van der Waals surface area contributed by atoms with Crippen molar-refractivity contribution in [1.82, 2.24) is 0 Å². The molecule has 15 heavy (non-hydrogen) atoms. The molecule has 0 atom stereocenters. The lowest BCUT2D eigenvalue weighted by Gasteiger charge is -2.23. The molecule has 1 N–H and O–H groups in total. The minimum atomic E-state index is -4.53. The number of carbonyl (C=O) groups is 1. The quantitative estimate of drug-likeness (QED) is 0.431. The highest BCUT2D eigenvalue weighted by molar-refractivity contribution is 7.80. The Morgan fingerprint density at radius 3 is 2.27 bits per heavy atom. The molecule has 0 aliphatic rings. The van der Waals surface area contributed by atoms with Crippen LogP contribution in [-0.2, 0) is 24.1 Å². The van der Waals surface area contributed by atoms with Crippen LogP contribution in [0.25, 0.3) is 0 Å². The fourth-order valence-corrected chi connectivity index (χ4v) is 1.02. The minimum Gasteiger partial charge on any atom is -0.454 e. The van der Waals surface area contributed by atoms with E-state index in [9.17, 15) is 13.2 Å². The molecule has 0 heterocycles. The number of hydrogen-bond donors (Lipinski definition) is 1. The predicted molar refractivity (Wildman–Crippen MR) is 52.5 cm³/mol. The van der Waals surface area contributed by atoms with E-state index >= 15 is 0 Å². The SMILES string of the molecule is C=C(C)C(=O)OC(C)(C)COS(=O)(=O)O. The fraction of sp³-hybridized carbons (Fsp3) is 0.625. The largest absolute Gasteiger partial charge is 0.454 e. The molecule has 88 valence electrons. The van der Waals surface area contributed by atoms with Crippen LogP contribution in [0.15, 0.2) is 12.2 Å². The first kappa shape index (κ1) is 14.1. The highest BCUT2D eigenvalue weighted by Crippen LogP contribution is 2.13. The van der Waals surface area contributed by atoms with Crippen LogP contribution in [0, 0.1) is 0 Å². The third-order valence-corrected chi connectivity index (χ3v) is 1.69. The van der Waals surface area contributed by atoms with Crippen LogP contribution in [0.2, 0.25) is 0 Å². The van der Waals surface area contributed by atoms with Crippen LogP contribution in [0.3, 0.4) is 0 Å². The molecule has 0 aromatic rings. The van der Waals surface area contributed by atoms with Gasteiger partial charge in [0.15, 0.2) is 0 Å². The molecular formula is C8H14O6S. The Morgan fingerprint density at radius 1 is 1.47 bits per heavy atom. The smallest absolute Gasteiger partial charge is 0.397 e. The van der Waals surface area contributed by atoms with E-state index in [2.05, 4.69) is 10.8 Å². The van der Waals surface area contributed by atoms with Crippen LogP contribution < -0.4 is 0 Å². The molecule has 0 saturated carbocycles. The molecule has 0 spiro atoms. The highest BCUT2D eigenvalue weighted by Gasteiger charge is 2.26. The van der Waals surface area contributed by atoms with E-state index in [-0.39, 0.29) is 5.57 Å². The Labute approximate surface area is 88.8 Å². The summed E-state index contributed by atoms with van der Waals surface area (Å²) in [7, 11) is -4.53. The standard InChI is InChI=1S/C8H14O6S/c1-6(2)7(9)14-8(3,4)5-13-15(10,11)12/h1,5H2,2-4H3,(H,10,11,12). The van der Waals surface area contributed by atoms with E-state index in [1.54, 1.807) is 0 Å². The maximum atomic E-state index is 11.1. The lowest BCUT2D eigenvalue weighted by molar-refractivity contribution is -0.154. The Morgan fingerprint density at radius 2 is 1.93 bits per heavy atom. The summed E-state index contributed by atoms with van der Waals surface area (Å²) in [5.41, 5.74) is -0.971. The summed E-state index contributed by atoms with van der Waals surface area (Å²) in [4.78, 5) is 11.1.